The predicted molar refractivity (Wildman–Crippen MR) is 96.5 cm³/mol. The van der Waals surface area contributed by atoms with E-state index in [9.17, 15) is 14.4 Å². The van der Waals surface area contributed by atoms with Gasteiger partial charge in [-0.05, 0) is 39.2 Å². The number of carbonyl (C=O) groups is 3. The van der Waals surface area contributed by atoms with Crippen LogP contribution in [-0.2, 0) is 34.0 Å². The minimum absolute atomic E-state index is 0.162. The second-order valence-corrected chi connectivity index (χ2v) is 5.72. The summed E-state index contributed by atoms with van der Waals surface area (Å²) in [6, 6.07) is 8.78. The van der Waals surface area contributed by atoms with E-state index >= 15 is 0 Å². The average Bonchev–Trinajstić information content (AvgIpc) is 2.63. The van der Waals surface area contributed by atoms with E-state index in [2.05, 4.69) is 0 Å². The standard InChI is InChI=1S/C20H28O6/c1-4-24-17(21)14-10-11-15-20(18(22)25-5-2,19(23)26-6-3)16-12-8-7-9-13-16/h7-9,12-13H,4-6,10-11,14-15H2,1-3H3. The molecule has 1 aromatic carbocycles. The van der Waals surface area contributed by atoms with Gasteiger partial charge in [0.2, 0.25) is 0 Å². The molecule has 0 radical (unpaired) electrons. The molecule has 1 rings (SSSR count). The summed E-state index contributed by atoms with van der Waals surface area (Å²) in [7, 11) is 0. The molecule has 0 fully saturated rings. The van der Waals surface area contributed by atoms with Gasteiger partial charge in [-0.15, -0.1) is 0 Å². The minimum Gasteiger partial charge on any atom is -0.466 e. The van der Waals surface area contributed by atoms with Crippen molar-refractivity contribution in [3.05, 3.63) is 35.9 Å². The first kappa shape index (κ1) is 21.7. The fraction of sp³-hybridized carbons (Fsp3) is 0.550. The highest BCUT2D eigenvalue weighted by Crippen LogP contribution is 2.34. The van der Waals surface area contributed by atoms with Crippen molar-refractivity contribution in [2.45, 2.75) is 51.9 Å². The third kappa shape index (κ3) is 5.58. The molecule has 0 N–H and O–H groups in total. The Morgan fingerprint density at radius 2 is 1.35 bits per heavy atom. The molecule has 0 bridgehead atoms. The van der Waals surface area contributed by atoms with E-state index in [4.69, 9.17) is 14.2 Å². The zero-order valence-electron chi connectivity index (χ0n) is 15.8. The second kappa shape index (κ2) is 11.3. The monoisotopic (exact) mass is 364 g/mol. The van der Waals surface area contributed by atoms with Gasteiger partial charge in [-0.2, -0.15) is 0 Å². The molecule has 0 amide bonds. The number of rotatable bonds is 11. The molecule has 0 atom stereocenters. The summed E-state index contributed by atoms with van der Waals surface area (Å²) in [5.41, 5.74) is -0.991. The quantitative estimate of drug-likeness (QED) is 0.260. The van der Waals surface area contributed by atoms with Crippen molar-refractivity contribution in [1.82, 2.24) is 0 Å². The number of hydrogen-bond donors (Lipinski definition) is 0. The molecule has 0 aromatic heterocycles. The highest BCUT2D eigenvalue weighted by molar-refractivity contribution is 6.06. The van der Waals surface area contributed by atoms with Crippen LogP contribution in [-0.4, -0.2) is 37.7 Å². The van der Waals surface area contributed by atoms with E-state index in [1.807, 2.05) is 6.07 Å². The summed E-state index contributed by atoms with van der Waals surface area (Å²) in [4.78, 5) is 37.1. The molecule has 0 unspecified atom stereocenters. The lowest BCUT2D eigenvalue weighted by atomic mass is 9.76. The highest BCUT2D eigenvalue weighted by atomic mass is 16.6. The van der Waals surface area contributed by atoms with Crippen LogP contribution >= 0.6 is 0 Å². The molecule has 0 heterocycles. The zero-order valence-corrected chi connectivity index (χ0v) is 15.8. The van der Waals surface area contributed by atoms with Gasteiger partial charge in [0, 0.05) is 6.42 Å². The molecule has 26 heavy (non-hydrogen) atoms. The van der Waals surface area contributed by atoms with Crippen LogP contribution in [0.15, 0.2) is 30.3 Å². The van der Waals surface area contributed by atoms with Crippen molar-refractivity contribution in [2.75, 3.05) is 19.8 Å². The first-order valence-corrected chi connectivity index (χ1v) is 9.08. The number of hydrogen-bond acceptors (Lipinski definition) is 6. The van der Waals surface area contributed by atoms with Gasteiger partial charge in [0.1, 0.15) is 0 Å². The van der Waals surface area contributed by atoms with Crippen molar-refractivity contribution < 1.29 is 28.6 Å². The Morgan fingerprint density at radius 1 is 0.808 bits per heavy atom. The lowest BCUT2D eigenvalue weighted by Crippen LogP contribution is -2.46. The molecule has 0 saturated carbocycles. The van der Waals surface area contributed by atoms with Crippen molar-refractivity contribution >= 4 is 17.9 Å². The van der Waals surface area contributed by atoms with Crippen molar-refractivity contribution in [3.8, 4) is 0 Å². The Morgan fingerprint density at radius 3 is 1.85 bits per heavy atom. The van der Waals surface area contributed by atoms with E-state index in [0.717, 1.165) is 0 Å². The Kier molecular flexibility index (Phi) is 9.41. The number of carbonyl (C=O) groups excluding carboxylic acids is 3. The lowest BCUT2D eigenvalue weighted by Gasteiger charge is -2.29. The van der Waals surface area contributed by atoms with Gasteiger partial charge in [0.05, 0.1) is 19.8 Å². The number of ether oxygens (including phenoxy) is 3. The molecular weight excluding hydrogens is 336 g/mol. The van der Waals surface area contributed by atoms with Gasteiger partial charge in [-0.1, -0.05) is 36.8 Å². The average molecular weight is 364 g/mol. The molecule has 0 spiro atoms. The molecule has 6 nitrogen and oxygen atoms in total. The first-order valence-electron chi connectivity index (χ1n) is 9.08. The van der Waals surface area contributed by atoms with E-state index in [-0.39, 0.29) is 32.0 Å². The van der Waals surface area contributed by atoms with Gasteiger partial charge < -0.3 is 14.2 Å². The molecule has 1 aromatic rings. The molecule has 0 aliphatic heterocycles. The number of esters is 3. The van der Waals surface area contributed by atoms with Gasteiger partial charge in [-0.25, -0.2) is 0 Å². The Balaban J connectivity index is 3.07. The largest absolute Gasteiger partial charge is 0.466 e. The normalized spacial score (nSPS) is 10.9. The minimum atomic E-state index is -1.53. The van der Waals surface area contributed by atoms with Crippen LogP contribution in [0, 0.1) is 0 Å². The van der Waals surface area contributed by atoms with E-state index in [0.29, 0.717) is 25.0 Å². The van der Waals surface area contributed by atoms with Crippen molar-refractivity contribution in [3.63, 3.8) is 0 Å². The molecule has 0 saturated heterocycles. The van der Waals surface area contributed by atoms with Crippen LogP contribution in [0.4, 0.5) is 0 Å². The topological polar surface area (TPSA) is 78.9 Å². The summed E-state index contributed by atoms with van der Waals surface area (Å²) in [5, 5.41) is 0. The number of benzene rings is 1. The Labute approximate surface area is 154 Å². The van der Waals surface area contributed by atoms with Gasteiger partial charge in [0.15, 0.2) is 5.41 Å². The molecule has 144 valence electrons. The van der Waals surface area contributed by atoms with Crippen LogP contribution in [0.25, 0.3) is 0 Å². The summed E-state index contributed by atoms with van der Waals surface area (Å²) in [6.45, 7) is 5.79. The molecule has 0 aliphatic rings. The lowest BCUT2D eigenvalue weighted by molar-refractivity contribution is -0.165. The third-order valence-electron chi connectivity index (χ3n) is 4.00. The van der Waals surface area contributed by atoms with Gasteiger partial charge in [-0.3, -0.25) is 14.4 Å². The molecule has 0 aliphatic carbocycles. The van der Waals surface area contributed by atoms with Crippen molar-refractivity contribution in [2.24, 2.45) is 0 Å². The van der Waals surface area contributed by atoms with Gasteiger partial charge in [0.25, 0.3) is 0 Å². The maximum atomic E-state index is 12.8. The van der Waals surface area contributed by atoms with Crippen LogP contribution in [0.3, 0.4) is 0 Å². The fourth-order valence-corrected chi connectivity index (χ4v) is 2.79. The fourth-order valence-electron chi connectivity index (χ4n) is 2.79. The van der Waals surface area contributed by atoms with Crippen LogP contribution < -0.4 is 0 Å². The van der Waals surface area contributed by atoms with E-state index in [1.165, 1.54) is 0 Å². The predicted octanol–water partition coefficient (Wildman–Crippen LogP) is 3.17. The Hall–Kier alpha value is -2.37. The van der Waals surface area contributed by atoms with E-state index in [1.54, 1.807) is 45.0 Å². The number of unbranched alkanes of at least 4 members (excludes halogenated alkanes) is 1. The maximum absolute atomic E-state index is 12.8. The van der Waals surface area contributed by atoms with Gasteiger partial charge >= 0.3 is 17.9 Å². The SMILES string of the molecule is CCOC(=O)CCCCC(C(=O)OCC)(C(=O)OCC)c1ccccc1. The third-order valence-corrected chi connectivity index (χ3v) is 4.00. The van der Waals surface area contributed by atoms with E-state index < -0.39 is 17.4 Å². The summed E-state index contributed by atoms with van der Waals surface area (Å²) in [5.74, 6) is -1.54. The van der Waals surface area contributed by atoms with Crippen LogP contribution in [0.1, 0.15) is 52.0 Å². The second-order valence-electron chi connectivity index (χ2n) is 5.72. The first-order chi connectivity index (χ1) is 12.5. The smallest absolute Gasteiger partial charge is 0.328 e. The Bertz CT molecular complexity index is 563. The van der Waals surface area contributed by atoms with Crippen molar-refractivity contribution in [1.29, 1.82) is 0 Å². The maximum Gasteiger partial charge on any atom is 0.328 e. The summed E-state index contributed by atoms with van der Waals surface area (Å²) < 4.78 is 15.3. The zero-order chi connectivity index (χ0) is 19.4. The highest BCUT2D eigenvalue weighted by Gasteiger charge is 2.49. The molecule has 6 heteroatoms. The van der Waals surface area contributed by atoms with Crippen LogP contribution in [0.2, 0.25) is 0 Å². The summed E-state index contributed by atoms with van der Waals surface area (Å²) in [6.07, 6.45) is 1.43. The van der Waals surface area contributed by atoms with Crippen LogP contribution in [0.5, 0.6) is 0 Å². The molecular formula is C20H28O6. The summed E-state index contributed by atoms with van der Waals surface area (Å²) >= 11 is 0.